The lowest BCUT2D eigenvalue weighted by Crippen LogP contribution is -2.51. The van der Waals surface area contributed by atoms with Crippen LogP contribution in [0.3, 0.4) is 0 Å². The van der Waals surface area contributed by atoms with Gasteiger partial charge in [-0.05, 0) is 45.9 Å². The van der Waals surface area contributed by atoms with Gasteiger partial charge in [0.15, 0.2) is 0 Å². The third kappa shape index (κ3) is 5.48. The van der Waals surface area contributed by atoms with Crippen LogP contribution in [0.25, 0.3) is 0 Å². The van der Waals surface area contributed by atoms with Gasteiger partial charge in [0.25, 0.3) is 5.91 Å². The van der Waals surface area contributed by atoms with Crippen molar-refractivity contribution in [2.24, 2.45) is 0 Å². The molecule has 2 fully saturated rings. The maximum Gasteiger partial charge on any atom is 0.414 e. The number of rotatable bonds is 5. The van der Waals surface area contributed by atoms with Crippen molar-refractivity contribution in [3.63, 3.8) is 0 Å². The molecule has 3 rings (SSSR count). The molecule has 1 atom stereocenters. The van der Waals surface area contributed by atoms with Gasteiger partial charge in [0.1, 0.15) is 18.0 Å². The summed E-state index contributed by atoms with van der Waals surface area (Å²) in [6, 6.07) is 3.70. The summed E-state index contributed by atoms with van der Waals surface area (Å²) in [6.45, 7) is 9.28. The first-order chi connectivity index (χ1) is 15.1. The lowest BCUT2D eigenvalue weighted by atomic mass is 10.1. The summed E-state index contributed by atoms with van der Waals surface area (Å²) in [5, 5.41) is 0. The van der Waals surface area contributed by atoms with Crippen LogP contribution in [0.15, 0.2) is 18.2 Å². The van der Waals surface area contributed by atoms with Gasteiger partial charge in [-0.15, -0.1) is 0 Å². The number of halogens is 1. The number of cyclic esters (lactones) is 1. The molecule has 9 nitrogen and oxygen atoms in total. The molecule has 10 heteroatoms. The zero-order valence-corrected chi connectivity index (χ0v) is 18.9. The molecule has 176 valence electrons. The summed E-state index contributed by atoms with van der Waals surface area (Å²) in [7, 11) is 0. The fourth-order valence-corrected chi connectivity index (χ4v) is 3.57. The summed E-state index contributed by atoms with van der Waals surface area (Å²) in [5.41, 5.74) is -0.382. The topological polar surface area (TPSA) is 88.6 Å². The quantitative estimate of drug-likeness (QED) is 0.684. The molecule has 0 spiro atoms. The summed E-state index contributed by atoms with van der Waals surface area (Å²) >= 11 is 0. The average Bonchev–Trinajstić information content (AvgIpc) is 3.10. The van der Waals surface area contributed by atoms with Crippen LogP contribution in [0.4, 0.5) is 19.7 Å². The van der Waals surface area contributed by atoms with E-state index in [9.17, 15) is 18.8 Å². The second-order valence-corrected chi connectivity index (χ2v) is 8.68. The summed E-state index contributed by atoms with van der Waals surface area (Å²) in [5.74, 6) is -1.19. The van der Waals surface area contributed by atoms with E-state index in [4.69, 9.17) is 14.2 Å². The lowest BCUT2D eigenvalue weighted by Gasteiger charge is -2.35. The third-order valence-electron chi connectivity index (χ3n) is 5.16. The van der Waals surface area contributed by atoms with E-state index < -0.39 is 29.5 Å². The Morgan fingerprint density at radius 3 is 2.41 bits per heavy atom. The van der Waals surface area contributed by atoms with E-state index in [0.29, 0.717) is 25.4 Å². The Morgan fingerprint density at radius 2 is 1.81 bits per heavy atom. The van der Waals surface area contributed by atoms with Crippen molar-refractivity contribution in [1.82, 2.24) is 9.80 Å². The smallest absolute Gasteiger partial charge is 0.414 e. The van der Waals surface area contributed by atoms with Crippen LogP contribution in [0.1, 0.15) is 38.1 Å². The number of hydrogen-bond donors (Lipinski definition) is 0. The second kappa shape index (κ2) is 9.72. The van der Waals surface area contributed by atoms with Gasteiger partial charge in [-0.2, -0.15) is 0 Å². The SMILES string of the molecule is CCOC[C@@H]1COC(=O)N1c1ccc(C(=O)N2CCN(C(=O)OC(C)(C)C)CC2)c(F)c1. The average molecular weight is 451 g/mol. The highest BCUT2D eigenvalue weighted by Crippen LogP contribution is 2.26. The summed E-state index contributed by atoms with van der Waals surface area (Å²) < 4.78 is 30.7. The standard InChI is InChI=1S/C22H30FN3O6/c1-5-30-13-16-14-31-21(29)26(16)15-6-7-17(18(23)12-15)19(27)24-8-10-25(11-9-24)20(28)32-22(2,3)4/h6-7,12,16H,5,8-11,13-14H2,1-4H3/t16-/m1/s1. The van der Waals surface area contributed by atoms with E-state index in [1.165, 1.54) is 26.8 Å². The molecule has 0 unspecified atom stereocenters. The normalized spacial score (nSPS) is 19.2. The fraction of sp³-hybridized carbons (Fsp3) is 0.591. The Balaban J connectivity index is 1.65. The maximum atomic E-state index is 14.9. The minimum atomic E-state index is -0.725. The van der Waals surface area contributed by atoms with Crippen LogP contribution >= 0.6 is 0 Å². The van der Waals surface area contributed by atoms with Gasteiger partial charge in [-0.25, -0.2) is 14.0 Å². The fourth-order valence-electron chi connectivity index (χ4n) is 3.57. The number of carbonyl (C=O) groups excluding carboxylic acids is 3. The molecule has 2 saturated heterocycles. The Kier molecular flexibility index (Phi) is 7.22. The molecule has 2 aliphatic heterocycles. The molecule has 1 aromatic carbocycles. The minimum Gasteiger partial charge on any atom is -0.447 e. The van der Waals surface area contributed by atoms with Gasteiger partial charge >= 0.3 is 12.2 Å². The van der Waals surface area contributed by atoms with Gasteiger partial charge in [0.05, 0.1) is 23.9 Å². The van der Waals surface area contributed by atoms with Crippen molar-refractivity contribution in [1.29, 1.82) is 0 Å². The molecule has 0 N–H and O–H groups in total. The molecule has 2 aliphatic rings. The lowest BCUT2D eigenvalue weighted by molar-refractivity contribution is 0.0140. The van der Waals surface area contributed by atoms with Gasteiger partial charge in [0.2, 0.25) is 0 Å². The highest BCUT2D eigenvalue weighted by Gasteiger charge is 2.35. The van der Waals surface area contributed by atoms with Crippen molar-refractivity contribution >= 4 is 23.8 Å². The van der Waals surface area contributed by atoms with E-state index in [1.807, 2.05) is 6.92 Å². The highest BCUT2D eigenvalue weighted by atomic mass is 19.1. The Morgan fingerprint density at radius 1 is 1.16 bits per heavy atom. The number of ether oxygens (including phenoxy) is 3. The predicted molar refractivity (Wildman–Crippen MR) is 114 cm³/mol. The van der Waals surface area contributed by atoms with Crippen LogP contribution in [0, 0.1) is 5.82 Å². The molecule has 0 radical (unpaired) electrons. The van der Waals surface area contributed by atoms with Crippen LogP contribution in [0.2, 0.25) is 0 Å². The molecule has 0 bridgehead atoms. The van der Waals surface area contributed by atoms with Crippen LogP contribution in [0.5, 0.6) is 0 Å². The van der Waals surface area contributed by atoms with Gasteiger partial charge < -0.3 is 24.0 Å². The molecule has 0 saturated carbocycles. The second-order valence-electron chi connectivity index (χ2n) is 8.68. The van der Waals surface area contributed by atoms with E-state index in [-0.39, 0.29) is 37.9 Å². The van der Waals surface area contributed by atoms with E-state index in [1.54, 1.807) is 20.8 Å². The molecule has 0 aromatic heterocycles. The van der Waals surface area contributed by atoms with Crippen molar-refractivity contribution in [2.45, 2.75) is 39.3 Å². The zero-order chi connectivity index (χ0) is 23.5. The van der Waals surface area contributed by atoms with Gasteiger partial charge in [-0.3, -0.25) is 9.69 Å². The maximum absolute atomic E-state index is 14.9. The van der Waals surface area contributed by atoms with Gasteiger partial charge in [-0.1, -0.05) is 0 Å². The number of carbonyl (C=O) groups is 3. The van der Waals surface area contributed by atoms with Crippen molar-refractivity contribution in [3.8, 4) is 0 Å². The number of nitrogens with zero attached hydrogens (tertiary/aromatic N) is 3. The molecule has 32 heavy (non-hydrogen) atoms. The van der Waals surface area contributed by atoms with Gasteiger partial charge in [0, 0.05) is 32.8 Å². The number of benzene rings is 1. The van der Waals surface area contributed by atoms with Crippen LogP contribution in [-0.4, -0.2) is 85.5 Å². The first kappa shape index (κ1) is 23.8. The largest absolute Gasteiger partial charge is 0.447 e. The van der Waals surface area contributed by atoms with Crippen molar-refractivity contribution < 1.29 is 33.0 Å². The van der Waals surface area contributed by atoms with E-state index >= 15 is 0 Å². The van der Waals surface area contributed by atoms with Crippen LogP contribution in [-0.2, 0) is 14.2 Å². The molecule has 2 heterocycles. The summed E-state index contributed by atoms with van der Waals surface area (Å²) in [4.78, 5) is 41.5. The first-order valence-electron chi connectivity index (χ1n) is 10.7. The first-order valence-corrected chi connectivity index (χ1v) is 10.7. The number of hydrogen-bond acceptors (Lipinski definition) is 6. The summed E-state index contributed by atoms with van der Waals surface area (Å²) in [6.07, 6.45) is -1.01. The monoisotopic (exact) mass is 451 g/mol. The number of piperazine rings is 1. The molecule has 0 aliphatic carbocycles. The Bertz CT molecular complexity index is 864. The number of anilines is 1. The Hall–Kier alpha value is -2.88. The molecule has 1 aromatic rings. The molecular formula is C22H30FN3O6. The molecular weight excluding hydrogens is 421 g/mol. The van der Waals surface area contributed by atoms with E-state index in [2.05, 4.69) is 0 Å². The molecule has 3 amide bonds. The highest BCUT2D eigenvalue weighted by molar-refractivity contribution is 5.96. The predicted octanol–water partition coefficient (Wildman–Crippen LogP) is 2.88. The van der Waals surface area contributed by atoms with Crippen LogP contribution < -0.4 is 4.90 Å². The van der Waals surface area contributed by atoms with Crippen molar-refractivity contribution in [3.05, 3.63) is 29.6 Å². The number of amides is 3. The zero-order valence-electron chi connectivity index (χ0n) is 18.9. The van der Waals surface area contributed by atoms with Crippen molar-refractivity contribution in [2.75, 3.05) is 50.9 Å². The van der Waals surface area contributed by atoms with E-state index in [0.717, 1.165) is 6.07 Å². The minimum absolute atomic E-state index is 0.0895. The third-order valence-corrected chi connectivity index (χ3v) is 5.16. The Labute approximate surface area is 187 Å².